The predicted octanol–water partition coefficient (Wildman–Crippen LogP) is 3.60. The Balaban J connectivity index is 1.91. The van der Waals surface area contributed by atoms with Crippen LogP contribution in [0.5, 0.6) is 0 Å². The van der Waals surface area contributed by atoms with Gasteiger partial charge in [-0.25, -0.2) is 0 Å². The molecule has 0 bridgehead atoms. The maximum Gasteiger partial charge on any atom is 0.0236 e. The highest BCUT2D eigenvalue weighted by molar-refractivity contribution is 5.27. The van der Waals surface area contributed by atoms with Gasteiger partial charge in [0.05, 0.1) is 0 Å². The Morgan fingerprint density at radius 1 is 1.00 bits per heavy atom. The number of rotatable bonds is 5. The molecule has 0 aliphatic carbocycles. The van der Waals surface area contributed by atoms with E-state index < -0.39 is 0 Å². The van der Waals surface area contributed by atoms with Crippen LogP contribution in [0, 0.1) is 0 Å². The Kier molecular flexibility index (Phi) is 5.62. The van der Waals surface area contributed by atoms with Gasteiger partial charge in [0.25, 0.3) is 0 Å². The topological polar surface area (TPSA) is 15.3 Å². The number of piperidine rings is 1. The first kappa shape index (κ1) is 15.5. The highest BCUT2D eigenvalue weighted by Crippen LogP contribution is 2.16. The number of benzene rings is 1. The van der Waals surface area contributed by atoms with Crippen molar-refractivity contribution in [3.63, 3.8) is 0 Å². The highest BCUT2D eigenvalue weighted by Gasteiger charge is 2.13. The van der Waals surface area contributed by atoms with Crippen molar-refractivity contribution in [3.05, 3.63) is 35.4 Å². The molecule has 2 rings (SSSR count). The first-order chi connectivity index (χ1) is 9.54. The lowest BCUT2D eigenvalue weighted by atomic mass is 10.0. The minimum absolute atomic E-state index is 0.210. The average Bonchev–Trinajstić information content (AvgIpc) is 2.40. The van der Waals surface area contributed by atoms with Crippen LogP contribution in [-0.4, -0.2) is 30.1 Å². The lowest BCUT2D eigenvalue weighted by Crippen LogP contribution is -2.37. The summed E-state index contributed by atoms with van der Waals surface area (Å²) in [5.74, 6) is 0. The third-order valence-electron chi connectivity index (χ3n) is 4.01. The second-order valence-electron chi connectivity index (χ2n) is 7.03. The van der Waals surface area contributed by atoms with Gasteiger partial charge >= 0.3 is 0 Å². The van der Waals surface area contributed by atoms with Gasteiger partial charge < -0.3 is 5.32 Å². The lowest BCUT2D eigenvalue weighted by molar-refractivity contribution is 0.220. The molecule has 0 unspecified atom stereocenters. The van der Waals surface area contributed by atoms with Crippen molar-refractivity contribution in [1.82, 2.24) is 10.2 Å². The number of hydrogen-bond acceptors (Lipinski definition) is 2. The molecule has 1 heterocycles. The molecule has 0 radical (unpaired) electrons. The summed E-state index contributed by atoms with van der Waals surface area (Å²) in [7, 11) is 0. The maximum absolute atomic E-state index is 3.59. The molecular weight excluding hydrogens is 244 g/mol. The second kappa shape index (κ2) is 7.24. The van der Waals surface area contributed by atoms with Crippen LogP contribution in [0.4, 0.5) is 0 Å². The molecule has 1 aliphatic heterocycles. The van der Waals surface area contributed by atoms with Gasteiger partial charge in [0.2, 0.25) is 0 Å². The third kappa shape index (κ3) is 5.26. The van der Waals surface area contributed by atoms with Gasteiger partial charge in [-0.1, -0.05) is 30.7 Å². The molecule has 0 spiro atoms. The normalized spacial score (nSPS) is 17.4. The van der Waals surface area contributed by atoms with Gasteiger partial charge in [-0.15, -0.1) is 0 Å². The van der Waals surface area contributed by atoms with E-state index in [1.165, 1.54) is 43.5 Å². The number of hydrogen-bond donors (Lipinski definition) is 1. The molecule has 1 aromatic rings. The van der Waals surface area contributed by atoms with Crippen molar-refractivity contribution in [1.29, 1.82) is 0 Å². The first-order valence-corrected chi connectivity index (χ1v) is 8.09. The van der Waals surface area contributed by atoms with E-state index in [9.17, 15) is 0 Å². The first-order valence-electron chi connectivity index (χ1n) is 8.09. The van der Waals surface area contributed by atoms with Gasteiger partial charge in [-0.3, -0.25) is 4.90 Å². The Labute approximate surface area is 124 Å². The summed E-state index contributed by atoms with van der Waals surface area (Å²) in [4.78, 5) is 2.61. The molecular formula is C18H30N2. The fourth-order valence-electron chi connectivity index (χ4n) is 2.89. The minimum Gasteiger partial charge on any atom is -0.312 e. The largest absolute Gasteiger partial charge is 0.312 e. The van der Waals surface area contributed by atoms with Crippen LogP contribution in [0.25, 0.3) is 0 Å². The van der Waals surface area contributed by atoms with Gasteiger partial charge in [0.1, 0.15) is 0 Å². The molecule has 0 saturated carbocycles. The Morgan fingerprint density at radius 2 is 1.65 bits per heavy atom. The summed E-state index contributed by atoms with van der Waals surface area (Å²) in [6.45, 7) is 11.4. The Morgan fingerprint density at radius 3 is 2.30 bits per heavy atom. The standard InChI is InChI=1S/C18H30N2/c1-18(2,3)19-12-11-16-9-5-6-10-17(16)15-20-13-7-4-8-14-20/h5-6,9-10,19H,4,7-8,11-15H2,1-3H3. The van der Waals surface area contributed by atoms with Crippen molar-refractivity contribution in [2.24, 2.45) is 0 Å². The van der Waals surface area contributed by atoms with E-state index in [0.29, 0.717) is 0 Å². The van der Waals surface area contributed by atoms with Gasteiger partial charge in [0, 0.05) is 12.1 Å². The Bertz CT molecular complexity index is 400. The number of nitrogens with zero attached hydrogens (tertiary/aromatic N) is 1. The predicted molar refractivity (Wildman–Crippen MR) is 87.0 cm³/mol. The van der Waals surface area contributed by atoms with Crippen LogP contribution < -0.4 is 5.32 Å². The van der Waals surface area contributed by atoms with Gasteiger partial charge in [0.15, 0.2) is 0 Å². The van der Waals surface area contributed by atoms with Gasteiger partial charge in [-0.2, -0.15) is 0 Å². The molecule has 1 aliphatic rings. The fourth-order valence-corrected chi connectivity index (χ4v) is 2.89. The molecule has 0 aromatic heterocycles. The number of nitrogens with one attached hydrogen (secondary N) is 1. The van der Waals surface area contributed by atoms with Crippen LogP contribution >= 0.6 is 0 Å². The summed E-state index contributed by atoms with van der Waals surface area (Å²) in [5.41, 5.74) is 3.24. The minimum atomic E-state index is 0.210. The van der Waals surface area contributed by atoms with Gasteiger partial charge in [-0.05, 0) is 70.8 Å². The zero-order valence-corrected chi connectivity index (χ0v) is 13.4. The maximum atomic E-state index is 3.59. The monoisotopic (exact) mass is 274 g/mol. The van der Waals surface area contributed by atoms with E-state index in [4.69, 9.17) is 0 Å². The molecule has 112 valence electrons. The molecule has 2 nitrogen and oxygen atoms in total. The third-order valence-corrected chi connectivity index (χ3v) is 4.01. The molecule has 1 saturated heterocycles. The zero-order chi connectivity index (χ0) is 14.4. The van der Waals surface area contributed by atoms with E-state index in [2.05, 4.69) is 55.3 Å². The van der Waals surface area contributed by atoms with Crippen LogP contribution in [0.3, 0.4) is 0 Å². The van der Waals surface area contributed by atoms with Crippen molar-refractivity contribution >= 4 is 0 Å². The molecule has 1 fully saturated rings. The fraction of sp³-hybridized carbons (Fsp3) is 0.667. The van der Waals surface area contributed by atoms with E-state index in [1.807, 2.05) is 0 Å². The quantitative estimate of drug-likeness (QED) is 0.882. The van der Waals surface area contributed by atoms with Crippen LogP contribution in [0.15, 0.2) is 24.3 Å². The summed E-state index contributed by atoms with van der Waals surface area (Å²) >= 11 is 0. The van der Waals surface area contributed by atoms with Crippen molar-refractivity contribution in [3.8, 4) is 0 Å². The molecule has 1 aromatic carbocycles. The summed E-state index contributed by atoms with van der Waals surface area (Å²) in [5, 5.41) is 3.59. The van der Waals surface area contributed by atoms with E-state index in [-0.39, 0.29) is 5.54 Å². The molecule has 1 N–H and O–H groups in total. The van der Waals surface area contributed by atoms with Crippen molar-refractivity contribution in [2.75, 3.05) is 19.6 Å². The second-order valence-corrected chi connectivity index (χ2v) is 7.03. The molecule has 0 amide bonds. The van der Waals surface area contributed by atoms with Crippen LogP contribution in [-0.2, 0) is 13.0 Å². The number of likely N-dealkylation sites (tertiary alicyclic amines) is 1. The zero-order valence-electron chi connectivity index (χ0n) is 13.4. The van der Waals surface area contributed by atoms with Crippen LogP contribution in [0.2, 0.25) is 0 Å². The lowest BCUT2D eigenvalue weighted by Gasteiger charge is -2.27. The van der Waals surface area contributed by atoms with E-state index >= 15 is 0 Å². The van der Waals surface area contributed by atoms with Crippen molar-refractivity contribution < 1.29 is 0 Å². The molecule has 20 heavy (non-hydrogen) atoms. The van der Waals surface area contributed by atoms with E-state index in [0.717, 1.165) is 19.5 Å². The SMILES string of the molecule is CC(C)(C)NCCc1ccccc1CN1CCCCC1. The Hall–Kier alpha value is -0.860. The smallest absolute Gasteiger partial charge is 0.0236 e. The molecule has 0 atom stereocenters. The highest BCUT2D eigenvalue weighted by atomic mass is 15.1. The average molecular weight is 274 g/mol. The van der Waals surface area contributed by atoms with E-state index in [1.54, 1.807) is 0 Å². The summed E-state index contributed by atoms with van der Waals surface area (Å²) in [6, 6.07) is 8.96. The summed E-state index contributed by atoms with van der Waals surface area (Å²) in [6.07, 6.45) is 5.27. The molecule has 2 heteroatoms. The van der Waals surface area contributed by atoms with Crippen molar-refractivity contribution in [2.45, 2.75) is 58.5 Å². The van der Waals surface area contributed by atoms with Crippen LogP contribution in [0.1, 0.15) is 51.2 Å². The summed E-state index contributed by atoms with van der Waals surface area (Å²) < 4.78 is 0.